The van der Waals surface area contributed by atoms with Crippen molar-refractivity contribution in [2.45, 2.75) is 32.4 Å². The summed E-state index contributed by atoms with van der Waals surface area (Å²) in [6.07, 6.45) is 0.916. The maximum absolute atomic E-state index is 11.0. The van der Waals surface area contributed by atoms with Gasteiger partial charge in [0, 0.05) is 10.5 Å². The number of carbonyl (C=O) groups excluding carboxylic acids is 1. The molecule has 0 radical (unpaired) electrons. The second-order valence-electron chi connectivity index (χ2n) is 3.80. The van der Waals surface area contributed by atoms with Gasteiger partial charge in [-0.15, -0.1) is 0 Å². The summed E-state index contributed by atoms with van der Waals surface area (Å²) in [4.78, 5) is 11.0. The normalized spacial score (nSPS) is 14.4. The van der Waals surface area contributed by atoms with Gasteiger partial charge in [-0.05, 0) is 31.0 Å². The van der Waals surface area contributed by atoms with Gasteiger partial charge in [0.1, 0.15) is 0 Å². The maximum atomic E-state index is 11.0. The topological polar surface area (TPSA) is 55.1 Å². The molecule has 3 N–H and O–H groups in total. The molecule has 1 aromatic rings. The van der Waals surface area contributed by atoms with Gasteiger partial charge < -0.3 is 5.73 Å². The van der Waals surface area contributed by atoms with Crippen LogP contribution in [0.3, 0.4) is 0 Å². The van der Waals surface area contributed by atoms with Gasteiger partial charge in [-0.1, -0.05) is 35.0 Å². The molecule has 0 fully saturated rings. The quantitative estimate of drug-likeness (QED) is 0.872. The molecule has 0 heterocycles. The number of halogens is 1. The van der Waals surface area contributed by atoms with Crippen LogP contribution in [-0.4, -0.2) is 11.9 Å². The average molecular weight is 285 g/mol. The summed E-state index contributed by atoms with van der Waals surface area (Å²) in [7, 11) is 0. The molecule has 4 heteroatoms. The van der Waals surface area contributed by atoms with E-state index in [0.29, 0.717) is 0 Å². The number of amides is 1. The lowest BCUT2D eigenvalue weighted by Crippen LogP contribution is -2.40. The molecule has 0 aromatic heterocycles. The highest BCUT2D eigenvalue weighted by Gasteiger charge is 2.15. The number of nitrogens with two attached hydrogens (primary N) is 1. The third-order valence-electron chi connectivity index (χ3n) is 2.56. The lowest BCUT2D eigenvalue weighted by molar-refractivity contribution is -0.119. The predicted molar refractivity (Wildman–Crippen MR) is 69.0 cm³/mol. The minimum Gasteiger partial charge on any atom is -0.368 e. The van der Waals surface area contributed by atoms with Crippen molar-refractivity contribution in [3.63, 3.8) is 0 Å². The third kappa shape index (κ3) is 3.61. The van der Waals surface area contributed by atoms with Crippen molar-refractivity contribution in [2.75, 3.05) is 0 Å². The average Bonchev–Trinajstić information content (AvgIpc) is 2.26. The molecular weight excluding hydrogens is 268 g/mol. The SMILES string of the molecule is CC[C@@H](N[C@@H](C)C(N)=O)c1ccc(Br)cc1. The first-order valence-corrected chi connectivity index (χ1v) is 6.14. The van der Waals surface area contributed by atoms with Gasteiger partial charge in [0.05, 0.1) is 6.04 Å². The van der Waals surface area contributed by atoms with E-state index in [9.17, 15) is 4.79 Å². The van der Waals surface area contributed by atoms with Crippen molar-refractivity contribution in [1.82, 2.24) is 5.32 Å². The van der Waals surface area contributed by atoms with Gasteiger partial charge in [-0.3, -0.25) is 10.1 Å². The molecule has 0 aliphatic rings. The monoisotopic (exact) mass is 284 g/mol. The van der Waals surface area contributed by atoms with Gasteiger partial charge in [0.25, 0.3) is 0 Å². The van der Waals surface area contributed by atoms with Crippen LogP contribution in [0.4, 0.5) is 0 Å². The van der Waals surface area contributed by atoms with E-state index in [4.69, 9.17) is 5.73 Å². The summed E-state index contributed by atoms with van der Waals surface area (Å²) in [5.41, 5.74) is 6.40. The van der Waals surface area contributed by atoms with E-state index < -0.39 is 0 Å². The van der Waals surface area contributed by atoms with Crippen molar-refractivity contribution in [3.8, 4) is 0 Å². The van der Waals surface area contributed by atoms with Crippen molar-refractivity contribution < 1.29 is 4.79 Å². The van der Waals surface area contributed by atoms with Gasteiger partial charge in [-0.25, -0.2) is 0 Å². The highest BCUT2D eigenvalue weighted by Crippen LogP contribution is 2.19. The molecule has 1 aromatic carbocycles. The Kier molecular flexibility index (Phi) is 4.96. The number of hydrogen-bond acceptors (Lipinski definition) is 2. The van der Waals surface area contributed by atoms with Crippen LogP contribution in [0, 0.1) is 0 Å². The number of primary amides is 1. The summed E-state index contributed by atoms with van der Waals surface area (Å²) in [6, 6.07) is 7.92. The maximum Gasteiger partial charge on any atom is 0.234 e. The van der Waals surface area contributed by atoms with E-state index in [1.54, 1.807) is 6.92 Å². The highest BCUT2D eigenvalue weighted by molar-refractivity contribution is 9.10. The molecule has 0 unspecified atom stereocenters. The first-order chi connectivity index (χ1) is 7.54. The van der Waals surface area contributed by atoms with Crippen molar-refractivity contribution in [2.24, 2.45) is 5.73 Å². The zero-order valence-corrected chi connectivity index (χ0v) is 11.1. The first kappa shape index (κ1) is 13.2. The van der Waals surface area contributed by atoms with Crippen molar-refractivity contribution in [1.29, 1.82) is 0 Å². The molecule has 0 spiro atoms. The van der Waals surface area contributed by atoms with Crippen molar-refractivity contribution in [3.05, 3.63) is 34.3 Å². The van der Waals surface area contributed by atoms with Gasteiger partial charge in [-0.2, -0.15) is 0 Å². The predicted octanol–water partition coefficient (Wildman–Crippen LogP) is 2.36. The smallest absolute Gasteiger partial charge is 0.234 e. The Hall–Kier alpha value is -0.870. The summed E-state index contributed by atoms with van der Waals surface area (Å²) in [5, 5.41) is 3.21. The summed E-state index contributed by atoms with van der Waals surface area (Å²) in [5.74, 6) is -0.324. The lowest BCUT2D eigenvalue weighted by Gasteiger charge is -2.20. The Balaban J connectivity index is 2.74. The molecule has 2 atom stereocenters. The molecule has 88 valence electrons. The zero-order valence-electron chi connectivity index (χ0n) is 9.53. The fourth-order valence-electron chi connectivity index (χ4n) is 1.53. The van der Waals surface area contributed by atoms with Crippen LogP contribution in [0.15, 0.2) is 28.7 Å². The van der Waals surface area contributed by atoms with Crippen LogP contribution in [0.5, 0.6) is 0 Å². The Morgan fingerprint density at radius 2 is 2.00 bits per heavy atom. The summed E-state index contributed by atoms with van der Waals surface area (Å²) >= 11 is 3.40. The third-order valence-corrected chi connectivity index (χ3v) is 3.09. The number of nitrogens with one attached hydrogen (secondary N) is 1. The Morgan fingerprint density at radius 1 is 1.44 bits per heavy atom. The fraction of sp³-hybridized carbons (Fsp3) is 0.417. The molecule has 16 heavy (non-hydrogen) atoms. The van der Waals surface area contributed by atoms with Crippen LogP contribution in [0.25, 0.3) is 0 Å². The molecule has 0 aliphatic carbocycles. The minimum absolute atomic E-state index is 0.163. The summed E-state index contributed by atoms with van der Waals surface area (Å²) in [6.45, 7) is 3.86. The number of carbonyl (C=O) groups is 1. The van der Waals surface area contributed by atoms with Crippen LogP contribution < -0.4 is 11.1 Å². The molecular formula is C12H17BrN2O. The molecule has 0 saturated heterocycles. The van der Waals surface area contributed by atoms with Crippen LogP contribution in [0.1, 0.15) is 31.9 Å². The lowest BCUT2D eigenvalue weighted by atomic mass is 10.0. The van der Waals surface area contributed by atoms with Gasteiger partial charge in [0.2, 0.25) is 5.91 Å². The second-order valence-corrected chi connectivity index (χ2v) is 4.72. The van der Waals surface area contributed by atoms with Crippen LogP contribution >= 0.6 is 15.9 Å². The molecule has 0 bridgehead atoms. The van der Waals surface area contributed by atoms with Crippen molar-refractivity contribution >= 4 is 21.8 Å². The van der Waals surface area contributed by atoms with E-state index in [1.165, 1.54) is 5.56 Å². The van der Waals surface area contributed by atoms with E-state index >= 15 is 0 Å². The zero-order chi connectivity index (χ0) is 12.1. The van der Waals surface area contributed by atoms with Crippen LogP contribution in [0.2, 0.25) is 0 Å². The Bertz CT molecular complexity index is 351. The number of hydrogen-bond donors (Lipinski definition) is 2. The molecule has 1 amide bonds. The molecule has 3 nitrogen and oxygen atoms in total. The Morgan fingerprint density at radius 3 is 2.44 bits per heavy atom. The summed E-state index contributed by atoms with van der Waals surface area (Å²) < 4.78 is 1.05. The van der Waals surface area contributed by atoms with E-state index in [0.717, 1.165) is 10.9 Å². The van der Waals surface area contributed by atoms with E-state index in [1.807, 2.05) is 24.3 Å². The standard InChI is InChI=1S/C12H17BrN2O/c1-3-11(15-8(2)12(14)16)9-4-6-10(13)7-5-9/h4-8,11,15H,3H2,1-2H3,(H2,14,16)/t8-,11+/m0/s1. The highest BCUT2D eigenvalue weighted by atomic mass is 79.9. The number of rotatable bonds is 5. The van der Waals surface area contributed by atoms with E-state index in [2.05, 4.69) is 28.2 Å². The fourth-order valence-corrected chi connectivity index (χ4v) is 1.79. The second kappa shape index (κ2) is 6.01. The largest absolute Gasteiger partial charge is 0.368 e. The molecule has 0 aliphatic heterocycles. The molecule has 1 rings (SSSR count). The van der Waals surface area contributed by atoms with Gasteiger partial charge >= 0.3 is 0 Å². The Labute approximate surface area is 105 Å². The van der Waals surface area contributed by atoms with Gasteiger partial charge in [0.15, 0.2) is 0 Å². The van der Waals surface area contributed by atoms with Crippen LogP contribution in [-0.2, 0) is 4.79 Å². The minimum atomic E-state index is -0.324. The van der Waals surface area contributed by atoms with E-state index in [-0.39, 0.29) is 18.0 Å². The first-order valence-electron chi connectivity index (χ1n) is 5.35. The number of benzene rings is 1. The molecule has 0 saturated carbocycles.